The molecule has 0 saturated carbocycles. The van der Waals surface area contributed by atoms with Crippen molar-refractivity contribution in [2.75, 3.05) is 5.32 Å². The molecule has 0 fully saturated rings. The smallest absolute Gasteiger partial charge is 0.275 e. The summed E-state index contributed by atoms with van der Waals surface area (Å²) in [5, 5.41) is 5.62. The van der Waals surface area contributed by atoms with Crippen molar-refractivity contribution < 1.29 is 4.79 Å². The Morgan fingerprint density at radius 3 is 2.55 bits per heavy atom. The van der Waals surface area contributed by atoms with Gasteiger partial charge in [-0.1, -0.05) is 48.0 Å². The number of hydrogen-bond acceptors (Lipinski definition) is 3. The first-order valence-electron chi connectivity index (χ1n) is 7.07. The van der Waals surface area contributed by atoms with Crippen LogP contribution in [0, 0.1) is 6.92 Å². The normalized spacial score (nSPS) is 10.4. The average Bonchev–Trinajstić information content (AvgIpc) is 2.99. The molecule has 1 aromatic heterocycles. The van der Waals surface area contributed by atoms with Crippen molar-refractivity contribution in [1.29, 1.82) is 0 Å². The predicted octanol–water partition coefficient (Wildman–Crippen LogP) is 4.29. The van der Waals surface area contributed by atoms with E-state index >= 15 is 0 Å². The van der Waals surface area contributed by atoms with E-state index in [1.165, 1.54) is 16.9 Å². The van der Waals surface area contributed by atoms with Crippen molar-refractivity contribution in [2.45, 2.75) is 13.3 Å². The summed E-state index contributed by atoms with van der Waals surface area (Å²) < 4.78 is 0. The molecule has 3 aromatic rings. The molecule has 0 aliphatic carbocycles. The van der Waals surface area contributed by atoms with E-state index in [0.717, 1.165) is 22.7 Å². The number of carbonyl (C=O) groups excluding carboxylic acids is 1. The van der Waals surface area contributed by atoms with Gasteiger partial charge in [-0.15, -0.1) is 11.3 Å². The van der Waals surface area contributed by atoms with E-state index in [9.17, 15) is 4.79 Å². The van der Waals surface area contributed by atoms with Gasteiger partial charge in [-0.2, -0.15) is 0 Å². The summed E-state index contributed by atoms with van der Waals surface area (Å²) in [5.74, 6) is -0.167. The molecule has 1 amide bonds. The number of rotatable bonds is 4. The van der Waals surface area contributed by atoms with Gasteiger partial charge < -0.3 is 5.32 Å². The van der Waals surface area contributed by atoms with Crippen LogP contribution in [0.5, 0.6) is 0 Å². The van der Waals surface area contributed by atoms with Crippen molar-refractivity contribution in [1.82, 2.24) is 4.98 Å². The van der Waals surface area contributed by atoms with E-state index in [1.54, 1.807) is 0 Å². The predicted molar refractivity (Wildman–Crippen MR) is 90.5 cm³/mol. The van der Waals surface area contributed by atoms with Gasteiger partial charge in [0.05, 0.1) is 5.01 Å². The molecule has 0 atom stereocenters. The third kappa shape index (κ3) is 3.59. The first kappa shape index (κ1) is 14.5. The summed E-state index contributed by atoms with van der Waals surface area (Å²) in [6, 6.07) is 17.9. The highest BCUT2D eigenvalue weighted by Gasteiger charge is 2.11. The van der Waals surface area contributed by atoms with Crippen LogP contribution in [0.25, 0.3) is 0 Å². The Labute approximate surface area is 133 Å². The maximum Gasteiger partial charge on any atom is 0.275 e. The highest BCUT2D eigenvalue weighted by atomic mass is 32.1. The molecular formula is C18H16N2OS. The van der Waals surface area contributed by atoms with E-state index in [4.69, 9.17) is 0 Å². The molecule has 0 unspecified atom stereocenters. The van der Waals surface area contributed by atoms with E-state index < -0.39 is 0 Å². The molecule has 0 radical (unpaired) electrons. The molecule has 22 heavy (non-hydrogen) atoms. The number of amides is 1. The average molecular weight is 308 g/mol. The van der Waals surface area contributed by atoms with Crippen LogP contribution in [0.4, 0.5) is 5.69 Å². The van der Waals surface area contributed by atoms with Gasteiger partial charge in [-0.3, -0.25) is 4.79 Å². The van der Waals surface area contributed by atoms with Crippen LogP contribution in [0.1, 0.15) is 26.6 Å². The molecule has 1 heterocycles. The van der Waals surface area contributed by atoms with Gasteiger partial charge in [-0.05, 0) is 24.6 Å². The van der Waals surface area contributed by atoms with Crippen molar-refractivity contribution in [2.24, 2.45) is 0 Å². The topological polar surface area (TPSA) is 42.0 Å². The van der Waals surface area contributed by atoms with Gasteiger partial charge >= 0.3 is 0 Å². The molecular weight excluding hydrogens is 292 g/mol. The third-order valence-corrected chi connectivity index (χ3v) is 4.14. The third-order valence-electron chi connectivity index (χ3n) is 3.29. The summed E-state index contributed by atoms with van der Waals surface area (Å²) in [7, 11) is 0. The number of nitrogens with one attached hydrogen (secondary N) is 1. The summed E-state index contributed by atoms with van der Waals surface area (Å²) in [6.07, 6.45) is 0.753. The summed E-state index contributed by atoms with van der Waals surface area (Å²) in [5.41, 5.74) is 3.61. The van der Waals surface area contributed by atoms with Crippen molar-refractivity contribution in [3.63, 3.8) is 0 Å². The highest BCUT2D eigenvalue weighted by molar-refractivity contribution is 7.09. The van der Waals surface area contributed by atoms with Crippen LogP contribution in [0.15, 0.2) is 60.0 Å². The molecule has 0 spiro atoms. The zero-order chi connectivity index (χ0) is 15.4. The highest BCUT2D eigenvalue weighted by Crippen LogP contribution is 2.16. The van der Waals surface area contributed by atoms with Crippen molar-refractivity contribution >= 4 is 22.9 Å². The van der Waals surface area contributed by atoms with E-state index in [1.807, 2.05) is 54.8 Å². The Morgan fingerprint density at radius 2 is 1.82 bits per heavy atom. The van der Waals surface area contributed by atoms with Gasteiger partial charge in [0.25, 0.3) is 5.91 Å². The Bertz CT molecular complexity index is 763. The lowest BCUT2D eigenvalue weighted by molar-refractivity contribution is 0.102. The summed E-state index contributed by atoms with van der Waals surface area (Å²) in [4.78, 5) is 16.6. The lowest BCUT2D eigenvalue weighted by Crippen LogP contribution is -2.12. The Hall–Kier alpha value is -2.46. The molecule has 3 rings (SSSR count). The first-order valence-corrected chi connectivity index (χ1v) is 7.95. The number of anilines is 1. The fraction of sp³-hybridized carbons (Fsp3) is 0.111. The van der Waals surface area contributed by atoms with Crippen molar-refractivity contribution in [3.05, 3.63) is 81.8 Å². The fourth-order valence-corrected chi connectivity index (χ4v) is 2.91. The standard InChI is InChI=1S/C18H16N2OS/c1-13-7-9-15(10-8-13)19-18(21)16-12-22-17(20-16)11-14-5-3-2-4-6-14/h2-10,12H,11H2,1H3,(H,19,21). The number of benzene rings is 2. The lowest BCUT2D eigenvalue weighted by Gasteiger charge is -2.03. The van der Waals surface area contributed by atoms with Gasteiger partial charge in [-0.25, -0.2) is 4.98 Å². The molecule has 0 aliphatic rings. The summed E-state index contributed by atoms with van der Waals surface area (Å²) in [6.45, 7) is 2.02. The number of aryl methyl sites for hydroxylation is 1. The van der Waals surface area contributed by atoms with Crippen LogP contribution in [0.2, 0.25) is 0 Å². The van der Waals surface area contributed by atoms with Crippen LogP contribution in [0.3, 0.4) is 0 Å². The van der Waals surface area contributed by atoms with E-state index in [-0.39, 0.29) is 5.91 Å². The lowest BCUT2D eigenvalue weighted by atomic mass is 10.2. The molecule has 3 nitrogen and oxygen atoms in total. The van der Waals surface area contributed by atoms with Crippen LogP contribution in [-0.4, -0.2) is 10.9 Å². The number of aromatic nitrogens is 1. The Balaban J connectivity index is 1.67. The van der Waals surface area contributed by atoms with Crippen LogP contribution in [-0.2, 0) is 6.42 Å². The minimum absolute atomic E-state index is 0.167. The zero-order valence-corrected chi connectivity index (χ0v) is 13.1. The molecule has 2 aromatic carbocycles. The Kier molecular flexibility index (Phi) is 4.30. The second-order valence-corrected chi connectivity index (χ2v) is 6.05. The Morgan fingerprint density at radius 1 is 1.09 bits per heavy atom. The number of hydrogen-bond donors (Lipinski definition) is 1. The van der Waals surface area contributed by atoms with E-state index in [2.05, 4.69) is 22.4 Å². The molecule has 110 valence electrons. The second kappa shape index (κ2) is 6.54. The number of thiazole rings is 1. The summed E-state index contributed by atoms with van der Waals surface area (Å²) >= 11 is 1.51. The minimum atomic E-state index is -0.167. The molecule has 0 aliphatic heterocycles. The maximum absolute atomic E-state index is 12.2. The molecule has 1 N–H and O–H groups in total. The maximum atomic E-state index is 12.2. The van der Waals surface area contributed by atoms with Gasteiger partial charge in [0.15, 0.2) is 0 Å². The monoisotopic (exact) mass is 308 g/mol. The second-order valence-electron chi connectivity index (χ2n) is 5.11. The fourth-order valence-electron chi connectivity index (χ4n) is 2.10. The molecule has 4 heteroatoms. The van der Waals surface area contributed by atoms with E-state index in [0.29, 0.717) is 5.69 Å². The SMILES string of the molecule is Cc1ccc(NC(=O)c2csc(Cc3ccccc3)n2)cc1. The largest absolute Gasteiger partial charge is 0.321 e. The first-order chi connectivity index (χ1) is 10.7. The number of carbonyl (C=O) groups is 1. The van der Waals surface area contributed by atoms with Gasteiger partial charge in [0, 0.05) is 17.5 Å². The van der Waals surface area contributed by atoms with Gasteiger partial charge in [0.1, 0.15) is 5.69 Å². The molecule has 0 saturated heterocycles. The number of nitrogens with zero attached hydrogens (tertiary/aromatic N) is 1. The minimum Gasteiger partial charge on any atom is -0.321 e. The quantitative estimate of drug-likeness (QED) is 0.781. The van der Waals surface area contributed by atoms with Gasteiger partial charge in [0.2, 0.25) is 0 Å². The zero-order valence-electron chi connectivity index (χ0n) is 12.2. The van der Waals surface area contributed by atoms with Crippen LogP contribution >= 0.6 is 11.3 Å². The van der Waals surface area contributed by atoms with Crippen molar-refractivity contribution in [3.8, 4) is 0 Å². The van der Waals surface area contributed by atoms with Crippen LogP contribution < -0.4 is 5.32 Å². The molecule has 0 bridgehead atoms.